The molecule has 0 aliphatic rings. The van der Waals surface area contributed by atoms with E-state index in [1.807, 2.05) is 23.5 Å². The molecule has 2 aromatic rings. The van der Waals surface area contributed by atoms with E-state index in [-0.39, 0.29) is 0 Å². The van der Waals surface area contributed by atoms with Gasteiger partial charge >= 0.3 is 0 Å². The SMILES string of the molecule is CC(C)(C)SCc1ccc(-c2ccc(CSC(C)(C)C)cc2)cc1. The minimum absolute atomic E-state index is 0.319. The molecule has 0 N–H and O–H groups in total. The van der Waals surface area contributed by atoms with Crippen molar-refractivity contribution in [3.63, 3.8) is 0 Å². The molecule has 0 fully saturated rings. The normalized spacial score (nSPS) is 12.4. The maximum Gasteiger partial charge on any atom is 0.0189 e. The van der Waals surface area contributed by atoms with Crippen LogP contribution in [-0.2, 0) is 11.5 Å². The zero-order valence-corrected chi connectivity index (χ0v) is 17.5. The van der Waals surface area contributed by atoms with E-state index in [4.69, 9.17) is 0 Å². The summed E-state index contributed by atoms with van der Waals surface area (Å²) in [5.41, 5.74) is 5.40. The second-order valence-corrected chi connectivity index (χ2v) is 11.8. The molecule has 0 bridgehead atoms. The van der Waals surface area contributed by atoms with Crippen LogP contribution in [0.4, 0.5) is 0 Å². The van der Waals surface area contributed by atoms with Gasteiger partial charge in [0.25, 0.3) is 0 Å². The second kappa shape index (κ2) is 8.01. The first kappa shape index (κ1) is 19.5. The van der Waals surface area contributed by atoms with Crippen LogP contribution < -0.4 is 0 Å². The lowest BCUT2D eigenvalue weighted by Gasteiger charge is -2.18. The maximum atomic E-state index is 2.27. The van der Waals surface area contributed by atoms with Crippen molar-refractivity contribution in [3.8, 4) is 11.1 Å². The minimum Gasteiger partial charge on any atom is -0.151 e. The third-order valence-electron chi connectivity index (χ3n) is 3.58. The molecule has 0 unspecified atom stereocenters. The van der Waals surface area contributed by atoms with Crippen molar-refractivity contribution in [2.24, 2.45) is 0 Å². The first-order valence-corrected chi connectivity index (χ1v) is 10.6. The number of benzene rings is 2. The van der Waals surface area contributed by atoms with Crippen molar-refractivity contribution < 1.29 is 0 Å². The molecule has 0 nitrogen and oxygen atoms in total. The Morgan fingerprint density at radius 3 is 1.08 bits per heavy atom. The fourth-order valence-corrected chi connectivity index (χ4v) is 3.77. The standard InChI is InChI=1S/C22H30S2/c1-21(2,3)23-15-17-7-11-19(12-8-17)20-13-9-18(10-14-20)16-24-22(4,5)6/h7-14H,15-16H2,1-6H3. The van der Waals surface area contributed by atoms with Crippen LogP contribution in [0.15, 0.2) is 48.5 Å². The Kier molecular flexibility index (Phi) is 6.50. The van der Waals surface area contributed by atoms with E-state index >= 15 is 0 Å². The predicted octanol–water partition coefficient (Wildman–Crippen LogP) is 7.42. The van der Waals surface area contributed by atoms with Crippen LogP contribution in [0.1, 0.15) is 52.7 Å². The summed E-state index contributed by atoms with van der Waals surface area (Å²) in [6.07, 6.45) is 0. The summed E-state index contributed by atoms with van der Waals surface area (Å²) < 4.78 is 0.638. The lowest BCUT2D eigenvalue weighted by molar-refractivity contribution is 0.802. The monoisotopic (exact) mass is 358 g/mol. The van der Waals surface area contributed by atoms with E-state index in [2.05, 4.69) is 90.1 Å². The maximum absolute atomic E-state index is 2.27. The molecule has 0 aromatic heterocycles. The van der Waals surface area contributed by atoms with E-state index in [1.54, 1.807) is 0 Å². The van der Waals surface area contributed by atoms with Gasteiger partial charge in [0.15, 0.2) is 0 Å². The first-order valence-electron chi connectivity index (χ1n) is 8.59. The van der Waals surface area contributed by atoms with Crippen LogP contribution in [-0.4, -0.2) is 9.49 Å². The molecule has 0 aliphatic heterocycles. The number of thioether (sulfide) groups is 2. The van der Waals surface area contributed by atoms with Gasteiger partial charge in [-0.25, -0.2) is 0 Å². The van der Waals surface area contributed by atoms with Gasteiger partial charge in [-0.15, -0.1) is 0 Å². The summed E-state index contributed by atoms with van der Waals surface area (Å²) in [6.45, 7) is 13.6. The van der Waals surface area contributed by atoms with Crippen molar-refractivity contribution in [2.75, 3.05) is 0 Å². The molecular formula is C22H30S2. The Balaban J connectivity index is 1.99. The van der Waals surface area contributed by atoms with Gasteiger partial charge in [0.1, 0.15) is 0 Å². The molecule has 0 aliphatic carbocycles. The fourth-order valence-electron chi connectivity index (χ4n) is 2.19. The Labute approximate surface area is 156 Å². The van der Waals surface area contributed by atoms with Crippen LogP contribution >= 0.6 is 23.5 Å². The van der Waals surface area contributed by atoms with E-state index in [1.165, 1.54) is 22.3 Å². The van der Waals surface area contributed by atoms with Gasteiger partial charge in [-0.2, -0.15) is 23.5 Å². The van der Waals surface area contributed by atoms with E-state index in [0.29, 0.717) is 9.49 Å². The number of rotatable bonds is 5. The van der Waals surface area contributed by atoms with Gasteiger partial charge in [-0.05, 0) is 22.3 Å². The summed E-state index contributed by atoms with van der Waals surface area (Å²) in [5, 5.41) is 0. The molecule has 0 saturated heterocycles. The molecular weight excluding hydrogens is 328 g/mol. The van der Waals surface area contributed by atoms with E-state index < -0.39 is 0 Å². The average Bonchev–Trinajstić information content (AvgIpc) is 2.51. The zero-order chi connectivity index (χ0) is 17.8. The highest BCUT2D eigenvalue weighted by molar-refractivity contribution is 8.00. The van der Waals surface area contributed by atoms with Gasteiger partial charge < -0.3 is 0 Å². The summed E-state index contributed by atoms with van der Waals surface area (Å²) in [5.74, 6) is 2.15. The smallest absolute Gasteiger partial charge is 0.0189 e. The number of hydrogen-bond donors (Lipinski definition) is 0. The zero-order valence-electron chi connectivity index (χ0n) is 15.8. The van der Waals surface area contributed by atoms with Gasteiger partial charge in [0.05, 0.1) is 0 Å². The third-order valence-corrected chi connectivity index (χ3v) is 6.27. The Hall–Kier alpha value is -0.860. The lowest BCUT2D eigenvalue weighted by atomic mass is 10.0. The Morgan fingerprint density at radius 1 is 0.542 bits per heavy atom. The molecule has 2 rings (SSSR count). The van der Waals surface area contributed by atoms with Crippen LogP contribution in [0, 0.1) is 0 Å². The molecule has 0 amide bonds. The fraction of sp³-hybridized carbons (Fsp3) is 0.455. The first-order chi connectivity index (χ1) is 11.1. The quantitative estimate of drug-likeness (QED) is 0.545. The molecule has 0 atom stereocenters. The molecule has 0 heterocycles. The lowest BCUT2D eigenvalue weighted by Crippen LogP contribution is -2.07. The predicted molar refractivity (Wildman–Crippen MR) is 114 cm³/mol. The summed E-state index contributed by atoms with van der Waals surface area (Å²) in [6, 6.07) is 18.0. The van der Waals surface area contributed by atoms with Crippen molar-refractivity contribution >= 4 is 23.5 Å². The van der Waals surface area contributed by atoms with Crippen molar-refractivity contribution in [3.05, 3.63) is 59.7 Å². The largest absolute Gasteiger partial charge is 0.151 e. The van der Waals surface area contributed by atoms with E-state index in [0.717, 1.165) is 11.5 Å². The Bertz CT molecular complexity index is 566. The van der Waals surface area contributed by atoms with Crippen molar-refractivity contribution in [1.29, 1.82) is 0 Å². The summed E-state index contributed by atoms with van der Waals surface area (Å²) in [4.78, 5) is 0. The molecule has 0 spiro atoms. The Morgan fingerprint density at radius 2 is 0.833 bits per heavy atom. The average molecular weight is 359 g/mol. The molecule has 24 heavy (non-hydrogen) atoms. The van der Waals surface area contributed by atoms with Crippen LogP contribution in [0.5, 0.6) is 0 Å². The molecule has 130 valence electrons. The summed E-state index contributed by atoms with van der Waals surface area (Å²) in [7, 11) is 0. The highest BCUT2D eigenvalue weighted by Crippen LogP contribution is 2.30. The van der Waals surface area contributed by atoms with E-state index in [9.17, 15) is 0 Å². The molecule has 2 heteroatoms. The third kappa shape index (κ3) is 6.94. The molecule has 0 saturated carbocycles. The van der Waals surface area contributed by atoms with Crippen molar-refractivity contribution in [1.82, 2.24) is 0 Å². The van der Waals surface area contributed by atoms with Crippen LogP contribution in [0.25, 0.3) is 11.1 Å². The van der Waals surface area contributed by atoms with Gasteiger partial charge in [-0.3, -0.25) is 0 Å². The topological polar surface area (TPSA) is 0 Å². The highest BCUT2D eigenvalue weighted by atomic mass is 32.2. The van der Waals surface area contributed by atoms with Crippen LogP contribution in [0.2, 0.25) is 0 Å². The van der Waals surface area contributed by atoms with Gasteiger partial charge in [-0.1, -0.05) is 90.1 Å². The van der Waals surface area contributed by atoms with Crippen LogP contribution in [0.3, 0.4) is 0 Å². The molecule has 2 aromatic carbocycles. The van der Waals surface area contributed by atoms with Crippen molar-refractivity contribution in [2.45, 2.75) is 62.5 Å². The summed E-state index contributed by atoms with van der Waals surface area (Å²) >= 11 is 3.99. The number of hydrogen-bond acceptors (Lipinski definition) is 2. The molecule has 0 radical (unpaired) electrons. The minimum atomic E-state index is 0.319. The second-order valence-electron chi connectivity index (χ2n) is 8.20. The van der Waals surface area contributed by atoms with Gasteiger partial charge in [0, 0.05) is 21.0 Å². The highest BCUT2D eigenvalue weighted by Gasteiger charge is 2.11. The van der Waals surface area contributed by atoms with Gasteiger partial charge in [0.2, 0.25) is 0 Å².